The van der Waals surface area contributed by atoms with Gasteiger partial charge >= 0.3 is 0 Å². The van der Waals surface area contributed by atoms with E-state index in [-0.39, 0.29) is 0 Å². The highest BCUT2D eigenvalue weighted by Crippen LogP contribution is 2.18. The Bertz CT molecular complexity index is 457. The van der Waals surface area contributed by atoms with Crippen molar-refractivity contribution in [3.63, 3.8) is 0 Å². The van der Waals surface area contributed by atoms with Crippen LogP contribution in [0.15, 0.2) is 30.8 Å². The van der Waals surface area contributed by atoms with Crippen molar-refractivity contribution in [2.75, 3.05) is 45.9 Å². The summed E-state index contributed by atoms with van der Waals surface area (Å²) in [6, 6.07) is 9.57. The number of nitrogens with zero attached hydrogens (tertiary/aromatic N) is 2. The first-order valence-corrected chi connectivity index (χ1v) is 8.61. The number of morpholine rings is 1. The van der Waals surface area contributed by atoms with Crippen LogP contribution >= 0.6 is 0 Å². The predicted octanol–water partition coefficient (Wildman–Crippen LogP) is 2.67. The lowest BCUT2D eigenvalue weighted by Crippen LogP contribution is -2.49. The van der Waals surface area contributed by atoms with Crippen LogP contribution in [-0.2, 0) is 11.2 Å². The number of ether oxygens (including phenoxy) is 1. The molecule has 0 unspecified atom stereocenters. The first-order valence-electron chi connectivity index (χ1n) is 8.61. The van der Waals surface area contributed by atoms with E-state index in [4.69, 9.17) is 4.74 Å². The minimum Gasteiger partial charge on any atom is -0.379 e. The van der Waals surface area contributed by atoms with E-state index in [0.717, 1.165) is 38.8 Å². The fourth-order valence-corrected chi connectivity index (χ4v) is 3.56. The van der Waals surface area contributed by atoms with Crippen molar-refractivity contribution >= 4 is 6.08 Å². The van der Waals surface area contributed by atoms with Crippen LogP contribution in [0.1, 0.15) is 24.0 Å². The number of hydrogen-bond donors (Lipinski definition) is 0. The molecule has 0 atom stereocenters. The van der Waals surface area contributed by atoms with Gasteiger partial charge in [0.1, 0.15) is 0 Å². The van der Waals surface area contributed by atoms with Crippen molar-refractivity contribution in [1.29, 1.82) is 0 Å². The molecule has 0 bridgehead atoms. The van der Waals surface area contributed by atoms with Crippen molar-refractivity contribution in [2.24, 2.45) is 0 Å². The zero-order valence-electron chi connectivity index (χ0n) is 13.5. The van der Waals surface area contributed by atoms with E-state index in [1.807, 2.05) is 6.08 Å². The van der Waals surface area contributed by atoms with Gasteiger partial charge in [0.25, 0.3) is 0 Å². The second-order valence-corrected chi connectivity index (χ2v) is 6.42. The van der Waals surface area contributed by atoms with Crippen LogP contribution in [0, 0.1) is 0 Å². The molecule has 1 aromatic rings. The quantitative estimate of drug-likeness (QED) is 0.831. The smallest absolute Gasteiger partial charge is 0.0594 e. The maximum Gasteiger partial charge on any atom is 0.0594 e. The summed E-state index contributed by atoms with van der Waals surface area (Å²) in [5, 5.41) is 0. The summed E-state index contributed by atoms with van der Waals surface area (Å²) in [7, 11) is 0. The van der Waals surface area contributed by atoms with Crippen molar-refractivity contribution in [3.8, 4) is 0 Å². The van der Waals surface area contributed by atoms with E-state index in [1.165, 1.54) is 43.6 Å². The van der Waals surface area contributed by atoms with Crippen LogP contribution in [0.25, 0.3) is 6.08 Å². The topological polar surface area (TPSA) is 15.7 Å². The molecule has 120 valence electrons. The van der Waals surface area contributed by atoms with Crippen molar-refractivity contribution < 1.29 is 4.74 Å². The summed E-state index contributed by atoms with van der Waals surface area (Å²) in [5.74, 6) is 0. The van der Waals surface area contributed by atoms with Crippen molar-refractivity contribution in [2.45, 2.75) is 25.3 Å². The van der Waals surface area contributed by atoms with Gasteiger partial charge in [-0.25, -0.2) is 0 Å². The first-order chi connectivity index (χ1) is 10.8. The van der Waals surface area contributed by atoms with Crippen LogP contribution in [0.3, 0.4) is 0 Å². The molecule has 0 N–H and O–H groups in total. The number of benzene rings is 1. The molecule has 0 aromatic heterocycles. The monoisotopic (exact) mass is 300 g/mol. The minimum atomic E-state index is 0.784. The highest BCUT2D eigenvalue weighted by atomic mass is 16.5. The molecule has 0 aliphatic carbocycles. The molecular weight excluding hydrogens is 272 g/mol. The lowest BCUT2D eigenvalue weighted by molar-refractivity contribution is 0.00101. The number of likely N-dealkylation sites (tertiary alicyclic amines) is 1. The number of piperidine rings is 1. The Hall–Kier alpha value is -1.16. The summed E-state index contributed by atoms with van der Waals surface area (Å²) < 4.78 is 5.46. The van der Waals surface area contributed by atoms with Crippen molar-refractivity contribution in [3.05, 3.63) is 42.0 Å². The largest absolute Gasteiger partial charge is 0.379 e. The first kappa shape index (κ1) is 15.7. The molecule has 22 heavy (non-hydrogen) atoms. The van der Waals surface area contributed by atoms with E-state index >= 15 is 0 Å². The fraction of sp³-hybridized carbons (Fsp3) is 0.579. The Kier molecular flexibility index (Phi) is 5.65. The molecule has 2 aliphatic rings. The standard InChI is InChI=1S/C19H28N2O/c1-2-17-3-5-18(6-4-17)7-10-20-11-8-19(9-12-20)21-13-15-22-16-14-21/h2-6,19H,1,7-16H2. The Balaban J connectivity index is 1.40. The lowest BCUT2D eigenvalue weighted by atomic mass is 10.0. The molecular formula is C19H28N2O. The number of rotatable bonds is 5. The van der Waals surface area contributed by atoms with Gasteiger partial charge in [0, 0.05) is 25.7 Å². The Morgan fingerprint density at radius 3 is 2.36 bits per heavy atom. The van der Waals surface area contributed by atoms with Crippen LogP contribution in [0.4, 0.5) is 0 Å². The maximum absolute atomic E-state index is 5.46. The van der Waals surface area contributed by atoms with Gasteiger partial charge in [0.15, 0.2) is 0 Å². The minimum absolute atomic E-state index is 0.784. The Morgan fingerprint density at radius 2 is 1.73 bits per heavy atom. The van der Waals surface area contributed by atoms with E-state index in [9.17, 15) is 0 Å². The summed E-state index contributed by atoms with van der Waals surface area (Å²) in [6.45, 7) is 11.6. The third-order valence-corrected chi connectivity index (χ3v) is 5.05. The van der Waals surface area contributed by atoms with E-state index in [1.54, 1.807) is 0 Å². The summed E-state index contributed by atoms with van der Waals surface area (Å²) in [5.41, 5.74) is 2.64. The van der Waals surface area contributed by atoms with Crippen LogP contribution in [0.2, 0.25) is 0 Å². The van der Waals surface area contributed by atoms with Crippen LogP contribution < -0.4 is 0 Å². The highest BCUT2D eigenvalue weighted by molar-refractivity contribution is 5.47. The van der Waals surface area contributed by atoms with Gasteiger partial charge in [-0.2, -0.15) is 0 Å². The molecule has 0 amide bonds. The van der Waals surface area contributed by atoms with Crippen LogP contribution in [0.5, 0.6) is 0 Å². The van der Waals surface area contributed by atoms with E-state index in [2.05, 4.69) is 40.6 Å². The predicted molar refractivity (Wildman–Crippen MR) is 92.1 cm³/mol. The summed E-state index contributed by atoms with van der Waals surface area (Å²) in [6.07, 6.45) is 5.69. The molecule has 3 heteroatoms. The van der Waals surface area contributed by atoms with E-state index < -0.39 is 0 Å². The molecule has 2 heterocycles. The lowest BCUT2D eigenvalue weighted by Gasteiger charge is -2.40. The number of hydrogen-bond acceptors (Lipinski definition) is 3. The van der Waals surface area contributed by atoms with Gasteiger partial charge in [-0.3, -0.25) is 4.90 Å². The van der Waals surface area contributed by atoms with Gasteiger partial charge in [-0.05, 0) is 43.5 Å². The summed E-state index contributed by atoms with van der Waals surface area (Å²) in [4.78, 5) is 5.26. The second-order valence-electron chi connectivity index (χ2n) is 6.42. The Morgan fingerprint density at radius 1 is 1.05 bits per heavy atom. The Labute approximate surface area is 134 Å². The molecule has 3 nitrogen and oxygen atoms in total. The SMILES string of the molecule is C=Cc1ccc(CCN2CCC(N3CCOCC3)CC2)cc1. The molecule has 2 saturated heterocycles. The zero-order chi connectivity index (χ0) is 15.2. The van der Waals surface area contributed by atoms with Gasteiger partial charge in [0.2, 0.25) is 0 Å². The average Bonchev–Trinajstić information content (AvgIpc) is 2.61. The molecule has 0 radical (unpaired) electrons. The van der Waals surface area contributed by atoms with Gasteiger partial charge in [-0.1, -0.05) is 36.9 Å². The molecule has 0 saturated carbocycles. The average molecular weight is 300 g/mol. The molecule has 2 fully saturated rings. The molecule has 2 aliphatic heterocycles. The van der Waals surface area contributed by atoms with E-state index in [0.29, 0.717) is 0 Å². The molecule has 0 spiro atoms. The second kappa shape index (κ2) is 7.91. The normalized spacial score (nSPS) is 21.8. The maximum atomic E-state index is 5.46. The van der Waals surface area contributed by atoms with Crippen molar-refractivity contribution in [1.82, 2.24) is 9.80 Å². The van der Waals surface area contributed by atoms with Gasteiger partial charge < -0.3 is 9.64 Å². The molecule has 1 aromatic carbocycles. The van der Waals surface area contributed by atoms with Crippen LogP contribution in [-0.4, -0.2) is 61.8 Å². The zero-order valence-corrected chi connectivity index (χ0v) is 13.5. The fourth-order valence-electron chi connectivity index (χ4n) is 3.56. The van der Waals surface area contributed by atoms with Gasteiger partial charge in [0.05, 0.1) is 13.2 Å². The third kappa shape index (κ3) is 4.19. The molecule has 3 rings (SSSR count). The third-order valence-electron chi connectivity index (χ3n) is 5.05. The van der Waals surface area contributed by atoms with Gasteiger partial charge in [-0.15, -0.1) is 0 Å². The highest BCUT2D eigenvalue weighted by Gasteiger charge is 2.25. The summed E-state index contributed by atoms with van der Waals surface area (Å²) >= 11 is 0.